The lowest BCUT2D eigenvalue weighted by Crippen LogP contribution is -2.70. The van der Waals surface area contributed by atoms with E-state index in [1.807, 2.05) is 6.92 Å². The summed E-state index contributed by atoms with van der Waals surface area (Å²) in [5.74, 6) is -0.110. The van der Waals surface area contributed by atoms with Crippen LogP contribution in [0.5, 0.6) is 0 Å². The molecule has 45 heavy (non-hydrogen) atoms. The molecule has 0 saturated heterocycles. The van der Waals surface area contributed by atoms with Gasteiger partial charge in [0.15, 0.2) is 0 Å². The van der Waals surface area contributed by atoms with Crippen molar-refractivity contribution in [3.63, 3.8) is 0 Å². The average Bonchev–Trinajstić information content (AvgIpc) is 3.37. The van der Waals surface area contributed by atoms with Gasteiger partial charge in [0.25, 0.3) is 0 Å². The number of nitrogens with zero attached hydrogens (tertiary/aromatic N) is 3. The molecule has 0 bridgehead atoms. The Morgan fingerprint density at radius 3 is 2.47 bits per heavy atom. The topological polar surface area (TPSA) is 111 Å². The molecular weight excluding hydrogens is 590 g/mol. The summed E-state index contributed by atoms with van der Waals surface area (Å²) in [6.07, 6.45) is 7.25. The van der Waals surface area contributed by atoms with Gasteiger partial charge < -0.3 is 9.94 Å². The third-order valence-corrected chi connectivity index (χ3v) is 15.1. The fourth-order valence-corrected chi connectivity index (χ4v) is 12.2. The Morgan fingerprint density at radius 1 is 1.00 bits per heavy atom. The smallest absolute Gasteiger partial charge is 0.341 e. The molecule has 8 nitrogen and oxygen atoms in total. The lowest BCUT2D eigenvalue weighted by molar-refractivity contribution is -0.239. The van der Waals surface area contributed by atoms with Crippen LogP contribution in [0.15, 0.2) is 18.2 Å². The molecule has 5 fully saturated rings. The molecule has 0 radical (unpaired) electrons. The first-order valence-electron chi connectivity index (χ1n) is 17.0. The third kappa shape index (κ3) is 4.09. The average molecular weight is 638 g/mol. The molecule has 5 saturated carbocycles. The molecule has 1 unspecified atom stereocenters. The number of carbonyl (C=O) groups excluding carboxylic acids is 3. The summed E-state index contributed by atoms with van der Waals surface area (Å²) in [7, 11) is 0. The van der Waals surface area contributed by atoms with Crippen molar-refractivity contribution in [2.24, 2.45) is 56.2 Å². The number of hydrogen-bond donors (Lipinski definition) is 1. The lowest BCUT2D eigenvalue weighted by Gasteiger charge is -2.72. The normalized spacial score (nSPS) is 44.0. The van der Waals surface area contributed by atoms with Crippen LogP contribution in [-0.2, 0) is 14.4 Å². The summed E-state index contributed by atoms with van der Waals surface area (Å²) in [6.45, 7) is 13.4. The maximum atomic E-state index is 14.8. The molecule has 5 aliphatic rings. The maximum Gasteiger partial charge on any atom is 0.341 e. The van der Waals surface area contributed by atoms with Gasteiger partial charge in [0.1, 0.15) is 22.6 Å². The van der Waals surface area contributed by atoms with E-state index in [-0.39, 0.29) is 69.5 Å². The Kier molecular flexibility index (Phi) is 6.85. The minimum atomic E-state index is -0.788. The van der Waals surface area contributed by atoms with Crippen molar-refractivity contribution in [1.82, 2.24) is 15.2 Å². The molecule has 0 aliphatic heterocycles. The van der Waals surface area contributed by atoms with Crippen molar-refractivity contribution in [2.45, 2.75) is 106 Å². The molecule has 1 aromatic carbocycles. The quantitative estimate of drug-likeness (QED) is 0.376. The summed E-state index contributed by atoms with van der Waals surface area (Å²) >= 11 is 6.26. The molecule has 1 heterocycles. The summed E-state index contributed by atoms with van der Waals surface area (Å²) in [5.41, 5.74) is -1.07. The predicted octanol–water partition coefficient (Wildman–Crippen LogP) is 6.64. The van der Waals surface area contributed by atoms with Crippen LogP contribution in [0, 0.1) is 56.2 Å². The van der Waals surface area contributed by atoms with E-state index in [1.165, 1.54) is 4.85 Å². The van der Waals surface area contributed by atoms with Gasteiger partial charge in [-0.2, -0.15) is 0 Å². The monoisotopic (exact) mass is 637 g/mol. The number of aliphatic hydroxyl groups is 1. The van der Waals surface area contributed by atoms with E-state index in [2.05, 4.69) is 44.9 Å². The van der Waals surface area contributed by atoms with Crippen LogP contribution in [0.25, 0.3) is 11.0 Å². The highest BCUT2D eigenvalue weighted by Gasteiger charge is 2.73. The zero-order chi connectivity index (χ0) is 32.4. The Labute approximate surface area is 270 Å². The summed E-state index contributed by atoms with van der Waals surface area (Å²) < 4.78 is 0. The number of Topliss-reactive ketones (excluding diaryl/α,β-unsaturated/α-hetero) is 2. The van der Waals surface area contributed by atoms with Crippen LogP contribution in [0.4, 0.5) is 0 Å². The third-order valence-electron chi connectivity index (χ3n) is 14.9. The molecule has 1 aromatic heterocycles. The zero-order valence-corrected chi connectivity index (χ0v) is 28.4. The SMILES string of the molecule is CC1(C)CC[C@]2(C(=O)On3nnc4ccc(Cl)cc43)CC[C@]3(C)C(C(=O)C[C@@H]4[C@@]5(C)CCC(=O)[C@@](C)(CO)[C@@H]5CC[C@]43C)[C@@H]2C1. The van der Waals surface area contributed by atoms with Gasteiger partial charge in [-0.3, -0.25) is 9.59 Å². The Bertz CT molecular complexity index is 1600. The van der Waals surface area contributed by atoms with Crippen LogP contribution in [-0.4, -0.2) is 44.4 Å². The number of aromatic nitrogens is 3. The van der Waals surface area contributed by atoms with E-state index < -0.39 is 10.8 Å². The van der Waals surface area contributed by atoms with Crippen molar-refractivity contribution in [2.75, 3.05) is 6.61 Å². The summed E-state index contributed by atoms with van der Waals surface area (Å²) in [6, 6.07) is 5.19. The molecule has 1 N–H and O–H groups in total. The molecule has 0 spiro atoms. The van der Waals surface area contributed by atoms with Gasteiger partial charge in [-0.25, -0.2) is 4.79 Å². The van der Waals surface area contributed by atoms with Crippen molar-refractivity contribution >= 4 is 40.2 Å². The van der Waals surface area contributed by atoms with Crippen molar-refractivity contribution in [3.8, 4) is 0 Å². The molecule has 7 rings (SSSR count). The van der Waals surface area contributed by atoms with E-state index in [1.54, 1.807) is 18.2 Å². The molecule has 244 valence electrons. The molecule has 0 amide bonds. The van der Waals surface area contributed by atoms with Crippen LogP contribution < -0.4 is 4.84 Å². The largest absolute Gasteiger partial charge is 0.395 e. The first-order chi connectivity index (χ1) is 21.0. The Hall–Kier alpha value is -2.32. The lowest BCUT2D eigenvalue weighted by atomic mass is 9.31. The van der Waals surface area contributed by atoms with E-state index in [4.69, 9.17) is 16.4 Å². The minimum absolute atomic E-state index is 0.00544. The Balaban J connectivity index is 1.27. The number of ketones is 2. The number of fused-ring (bicyclic) bond motifs is 8. The highest BCUT2D eigenvalue weighted by molar-refractivity contribution is 6.31. The van der Waals surface area contributed by atoms with Gasteiger partial charge in [-0.1, -0.05) is 58.0 Å². The van der Waals surface area contributed by atoms with Crippen LogP contribution in [0.1, 0.15) is 106 Å². The van der Waals surface area contributed by atoms with Crippen LogP contribution in [0.3, 0.4) is 0 Å². The fourth-order valence-electron chi connectivity index (χ4n) is 12.0. The van der Waals surface area contributed by atoms with Gasteiger partial charge >= 0.3 is 5.97 Å². The number of aliphatic hydroxyl groups excluding tert-OH is 1. The number of halogens is 1. The van der Waals surface area contributed by atoms with E-state index in [9.17, 15) is 19.5 Å². The van der Waals surface area contributed by atoms with Crippen LogP contribution >= 0.6 is 11.6 Å². The van der Waals surface area contributed by atoms with E-state index >= 15 is 0 Å². The second-order valence-corrected chi connectivity index (χ2v) is 17.7. The van der Waals surface area contributed by atoms with Gasteiger partial charge in [0.2, 0.25) is 0 Å². The van der Waals surface area contributed by atoms with Crippen molar-refractivity contribution in [1.29, 1.82) is 0 Å². The van der Waals surface area contributed by atoms with Crippen molar-refractivity contribution in [3.05, 3.63) is 23.2 Å². The second-order valence-electron chi connectivity index (χ2n) is 17.2. The predicted molar refractivity (Wildman–Crippen MR) is 170 cm³/mol. The zero-order valence-electron chi connectivity index (χ0n) is 27.6. The van der Waals surface area contributed by atoms with Crippen LogP contribution in [0.2, 0.25) is 5.02 Å². The molecule has 2 aromatic rings. The van der Waals surface area contributed by atoms with Gasteiger partial charge in [-0.15, -0.1) is 5.10 Å². The highest BCUT2D eigenvalue weighted by atomic mass is 35.5. The molecular formula is C36H48ClN3O5. The van der Waals surface area contributed by atoms with Gasteiger partial charge in [-0.05, 0) is 114 Å². The molecule has 9 heteroatoms. The van der Waals surface area contributed by atoms with E-state index in [0.29, 0.717) is 41.7 Å². The second kappa shape index (κ2) is 9.85. The summed E-state index contributed by atoms with van der Waals surface area (Å²) in [4.78, 5) is 49.7. The molecule has 9 atom stereocenters. The number of rotatable bonds is 3. The highest BCUT2D eigenvalue weighted by Crippen LogP contribution is 2.76. The maximum absolute atomic E-state index is 14.8. The fraction of sp³-hybridized carbons (Fsp3) is 0.750. The van der Waals surface area contributed by atoms with Gasteiger partial charge in [0.05, 0.1) is 17.4 Å². The Morgan fingerprint density at radius 2 is 1.73 bits per heavy atom. The van der Waals surface area contributed by atoms with Crippen molar-refractivity contribution < 1.29 is 24.3 Å². The van der Waals surface area contributed by atoms with Gasteiger partial charge in [0, 0.05) is 23.8 Å². The standard InChI is InChI=1S/C36H48ClN3O5/c1-31(2)13-15-36(30(44)45-40-24-17-21(37)7-8-23(24)38-39-40)16-14-35(6)29(22(36)19-31)25(42)18-27-32(3)11-10-28(43)33(4,20-41)26(32)9-12-34(27,35)5/h7-8,17,22,26-27,29,41H,9-16,18-20H2,1-6H3/t22-,26+,27+,29?,32-,33-,34+,35+,36-/m0/s1. The number of benzene rings is 1. The number of hydrogen-bond acceptors (Lipinski definition) is 7. The summed E-state index contributed by atoms with van der Waals surface area (Å²) in [5, 5.41) is 19.3. The van der Waals surface area contributed by atoms with E-state index in [0.717, 1.165) is 38.5 Å². The number of carbonyl (C=O) groups is 3. The minimum Gasteiger partial charge on any atom is -0.395 e. The molecule has 5 aliphatic carbocycles. The first-order valence-corrected chi connectivity index (χ1v) is 17.3. The first kappa shape index (κ1) is 31.3.